The van der Waals surface area contributed by atoms with E-state index in [4.69, 9.17) is 16.2 Å². The molecule has 32 heavy (non-hydrogen) atoms. The molecule has 168 valence electrons. The van der Waals surface area contributed by atoms with Crippen LogP contribution in [0.25, 0.3) is 0 Å². The first-order valence-electron chi connectivity index (χ1n) is 10.2. The van der Waals surface area contributed by atoms with E-state index in [0.717, 1.165) is 24.0 Å². The molecule has 0 saturated heterocycles. The van der Waals surface area contributed by atoms with Crippen molar-refractivity contribution >= 4 is 29.3 Å². The number of nitrogens with one attached hydrogen (secondary N) is 2. The summed E-state index contributed by atoms with van der Waals surface area (Å²) in [4.78, 5) is 33.3. The van der Waals surface area contributed by atoms with Crippen molar-refractivity contribution in [3.8, 4) is 5.88 Å². The summed E-state index contributed by atoms with van der Waals surface area (Å²) in [5.74, 6) is -1.17. The first-order valence-corrected chi connectivity index (χ1v) is 10.2. The first-order chi connectivity index (χ1) is 15.1. The van der Waals surface area contributed by atoms with Crippen LogP contribution in [-0.4, -0.2) is 34.4 Å². The highest BCUT2D eigenvalue weighted by Crippen LogP contribution is 2.31. The molecule has 2 amide bonds. The number of benzene rings is 1. The summed E-state index contributed by atoms with van der Waals surface area (Å²) in [6.07, 6.45) is 7.45. The van der Waals surface area contributed by atoms with Crippen LogP contribution in [0, 0.1) is 13.8 Å². The summed E-state index contributed by atoms with van der Waals surface area (Å²) in [5.41, 5.74) is 13.5. The third-order valence-electron chi connectivity index (χ3n) is 5.23. The van der Waals surface area contributed by atoms with Gasteiger partial charge in [-0.15, -0.1) is 0 Å². The average molecular weight is 437 g/mol. The molecule has 1 aliphatic rings. The largest absolute Gasteiger partial charge is 0.480 e. The van der Waals surface area contributed by atoms with Crippen LogP contribution in [0.5, 0.6) is 5.88 Å². The number of carbonyl (C=O) groups is 2. The number of ether oxygens (including phenoxy) is 1. The van der Waals surface area contributed by atoms with Crippen molar-refractivity contribution in [2.75, 3.05) is 17.7 Å². The third kappa shape index (κ3) is 4.72. The van der Waals surface area contributed by atoms with E-state index >= 15 is 0 Å². The number of methoxy groups -OCH3 is 1. The predicted octanol–water partition coefficient (Wildman–Crippen LogP) is 2.88. The molecule has 1 aromatic carbocycles. The van der Waals surface area contributed by atoms with Gasteiger partial charge in [-0.1, -0.05) is 24.3 Å². The molecule has 3 rings (SSSR count). The van der Waals surface area contributed by atoms with E-state index in [1.165, 1.54) is 7.11 Å². The molecule has 0 fully saturated rings. The molecule has 1 aromatic heterocycles. The molecule has 9 heteroatoms. The van der Waals surface area contributed by atoms with Gasteiger partial charge in [0.2, 0.25) is 17.7 Å². The molecule has 0 saturated carbocycles. The van der Waals surface area contributed by atoms with Gasteiger partial charge >= 0.3 is 0 Å². The summed E-state index contributed by atoms with van der Waals surface area (Å²) in [7, 11) is 1.37. The Hall–Kier alpha value is -3.88. The number of aromatic nitrogens is 2. The van der Waals surface area contributed by atoms with Crippen molar-refractivity contribution in [3.63, 3.8) is 0 Å². The lowest BCUT2D eigenvalue weighted by Gasteiger charge is -2.30. The molecule has 6 N–H and O–H groups in total. The molecule has 0 unspecified atom stereocenters. The Bertz CT molecular complexity index is 1100. The molecular formula is C23H28N6O3. The van der Waals surface area contributed by atoms with Crippen LogP contribution in [0.4, 0.5) is 17.5 Å². The first kappa shape index (κ1) is 22.8. The van der Waals surface area contributed by atoms with Crippen LogP contribution in [0.1, 0.15) is 41.3 Å². The molecule has 1 heterocycles. The van der Waals surface area contributed by atoms with Crippen LogP contribution in [0.3, 0.4) is 0 Å². The average Bonchev–Trinajstić information content (AvgIpc) is 2.72. The van der Waals surface area contributed by atoms with Gasteiger partial charge in [0.25, 0.3) is 5.91 Å². The maximum atomic E-state index is 12.4. The summed E-state index contributed by atoms with van der Waals surface area (Å²) in [6, 6.07) is 5.84. The Morgan fingerprint density at radius 2 is 1.78 bits per heavy atom. The quantitative estimate of drug-likeness (QED) is 0.498. The van der Waals surface area contributed by atoms with Crippen molar-refractivity contribution in [2.45, 2.75) is 39.2 Å². The molecule has 0 bridgehead atoms. The number of primary amides is 2. The van der Waals surface area contributed by atoms with E-state index in [1.54, 1.807) is 6.92 Å². The highest BCUT2D eigenvalue weighted by molar-refractivity contribution is 6.01. The minimum absolute atomic E-state index is 0.00485. The number of amides is 2. The topological polar surface area (TPSA) is 145 Å². The zero-order valence-corrected chi connectivity index (χ0v) is 18.7. The van der Waals surface area contributed by atoms with E-state index < -0.39 is 17.4 Å². The van der Waals surface area contributed by atoms with Crippen molar-refractivity contribution < 1.29 is 14.3 Å². The molecule has 2 aromatic rings. The number of aryl methyl sites for hydroxylation is 2. The van der Waals surface area contributed by atoms with Gasteiger partial charge in [0.1, 0.15) is 11.1 Å². The number of allylic oxidation sites excluding steroid dienone is 2. The Balaban J connectivity index is 2.09. The smallest absolute Gasteiger partial charge is 0.258 e. The number of nitrogens with two attached hydrogens (primary N) is 2. The third-order valence-corrected chi connectivity index (χ3v) is 5.23. The molecule has 0 aliphatic heterocycles. The van der Waals surface area contributed by atoms with Crippen LogP contribution < -0.4 is 26.8 Å². The molecule has 0 spiro atoms. The number of hydrogen-bond donors (Lipinski definition) is 4. The van der Waals surface area contributed by atoms with Crippen LogP contribution in [-0.2, 0) is 4.79 Å². The standard InChI is InChI=1S/C23H28N6O3/c1-13-10-14(2)12-16(11-13)26-19-17(18(24)30)20(32-4)28-22(27-19)29-23(3,21(25)31)15-8-6-5-7-9-15/h6,8-12H,5,7H2,1-4H3,(H2,24,30)(H2,25,31)(H2,26,27,28,29)/t23-/m1/s1. The Labute approximate surface area is 187 Å². The minimum Gasteiger partial charge on any atom is -0.480 e. The Kier molecular flexibility index (Phi) is 6.47. The highest BCUT2D eigenvalue weighted by atomic mass is 16.5. The van der Waals surface area contributed by atoms with Gasteiger partial charge in [-0.2, -0.15) is 9.97 Å². The number of rotatable bonds is 8. The van der Waals surface area contributed by atoms with E-state index in [-0.39, 0.29) is 23.2 Å². The normalized spacial score (nSPS) is 14.8. The lowest BCUT2D eigenvalue weighted by atomic mass is 9.87. The monoisotopic (exact) mass is 436 g/mol. The lowest BCUT2D eigenvalue weighted by Crippen LogP contribution is -2.49. The van der Waals surface area contributed by atoms with Crippen molar-refractivity contribution in [1.29, 1.82) is 0 Å². The highest BCUT2D eigenvalue weighted by Gasteiger charge is 2.36. The second-order valence-electron chi connectivity index (χ2n) is 7.90. The van der Waals surface area contributed by atoms with E-state index in [1.807, 2.05) is 50.3 Å². The second kappa shape index (κ2) is 9.09. The van der Waals surface area contributed by atoms with Gasteiger partial charge in [0.05, 0.1) is 7.11 Å². The Morgan fingerprint density at radius 1 is 1.09 bits per heavy atom. The van der Waals surface area contributed by atoms with Crippen LogP contribution in [0.15, 0.2) is 42.0 Å². The fourth-order valence-corrected chi connectivity index (χ4v) is 3.62. The van der Waals surface area contributed by atoms with E-state index in [9.17, 15) is 9.59 Å². The lowest BCUT2D eigenvalue weighted by molar-refractivity contribution is -0.120. The molecule has 1 atom stereocenters. The SMILES string of the molecule is COc1nc(N[C@@](C)(C(N)=O)C2=CCCC=C2)nc(Nc2cc(C)cc(C)c2)c1C(N)=O. The molecule has 1 aliphatic carbocycles. The van der Waals surface area contributed by atoms with Crippen molar-refractivity contribution in [3.05, 3.63) is 58.7 Å². The van der Waals surface area contributed by atoms with Gasteiger partial charge in [-0.25, -0.2) is 0 Å². The summed E-state index contributed by atoms with van der Waals surface area (Å²) < 4.78 is 5.32. The van der Waals surface area contributed by atoms with Gasteiger partial charge < -0.3 is 26.8 Å². The minimum atomic E-state index is -1.27. The Morgan fingerprint density at radius 3 is 2.31 bits per heavy atom. The number of carbonyl (C=O) groups excluding carboxylic acids is 2. The fraction of sp³-hybridized carbons (Fsp3) is 0.304. The summed E-state index contributed by atoms with van der Waals surface area (Å²) in [6.45, 7) is 5.58. The summed E-state index contributed by atoms with van der Waals surface area (Å²) >= 11 is 0. The maximum Gasteiger partial charge on any atom is 0.258 e. The van der Waals surface area contributed by atoms with Crippen molar-refractivity contribution in [2.24, 2.45) is 11.5 Å². The fourth-order valence-electron chi connectivity index (χ4n) is 3.62. The van der Waals surface area contributed by atoms with Gasteiger partial charge in [-0.05, 0) is 62.4 Å². The van der Waals surface area contributed by atoms with Gasteiger partial charge in [-0.3, -0.25) is 9.59 Å². The zero-order valence-electron chi connectivity index (χ0n) is 18.7. The predicted molar refractivity (Wildman–Crippen MR) is 124 cm³/mol. The van der Waals surface area contributed by atoms with Crippen LogP contribution in [0.2, 0.25) is 0 Å². The van der Waals surface area contributed by atoms with E-state index in [2.05, 4.69) is 20.6 Å². The van der Waals surface area contributed by atoms with E-state index in [0.29, 0.717) is 11.3 Å². The second-order valence-corrected chi connectivity index (χ2v) is 7.90. The number of nitrogens with zero attached hydrogens (tertiary/aromatic N) is 2. The zero-order chi connectivity index (χ0) is 23.5. The van der Waals surface area contributed by atoms with Gasteiger partial charge in [0.15, 0.2) is 5.82 Å². The van der Waals surface area contributed by atoms with Crippen LogP contribution >= 0.6 is 0 Å². The molecule has 9 nitrogen and oxygen atoms in total. The number of hydrogen-bond acceptors (Lipinski definition) is 7. The molecular weight excluding hydrogens is 408 g/mol. The maximum absolute atomic E-state index is 12.4. The van der Waals surface area contributed by atoms with Gasteiger partial charge in [0, 0.05) is 5.69 Å². The molecule has 0 radical (unpaired) electrons. The number of anilines is 3. The summed E-state index contributed by atoms with van der Waals surface area (Å²) in [5, 5.41) is 6.15. The van der Waals surface area contributed by atoms with Crippen molar-refractivity contribution in [1.82, 2.24) is 9.97 Å².